The number of hydrogen-bond acceptors (Lipinski definition) is 4. The third kappa shape index (κ3) is 3.06. The number of aromatic carboxylic acids is 1. The predicted molar refractivity (Wildman–Crippen MR) is 78.1 cm³/mol. The van der Waals surface area contributed by atoms with Crippen molar-refractivity contribution >= 4 is 18.2 Å². The van der Waals surface area contributed by atoms with Gasteiger partial charge in [0, 0.05) is 0 Å². The molecule has 0 atom stereocenters. The Morgan fingerprint density at radius 2 is 1.95 bits per heavy atom. The van der Waals surface area contributed by atoms with E-state index < -0.39 is 11.9 Å². The third-order valence-electron chi connectivity index (χ3n) is 3.23. The molecular weight excluding hydrogens is 286 g/mol. The maximum Gasteiger partial charge on any atom is 0.352 e. The van der Waals surface area contributed by atoms with Crippen LogP contribution in [-0.4, -0.2) is 28.3 Å². The zero-order valence-electron chi connectivity index (χ0n) is 12.0. The lowest BCUT2D eigenvalue weighted by Gasteiger charge is -2.06. The van der Waals surface area contributed by atoms with Gasteiger partial charge in [-0.2, -0.15) is 0 Å². The lowest BCUT2D eigenvalue weighted by atomic mass is 10.1. The standard InChI is InChI=1S/C16H15NO5/c1-2-11-13(12(8-18)17-14(11)15(19)20)16(21)22-9-10-6-4-3-5-7-10/h3-8,17H,2,9H2,1H3,(H,19,20). The molecule has 22 heavy (non-hydrogen) atoms. The highest BCUT2D eigenvalue weighted by atomic mass is 16.5. The number of nitrogens with one attached hydrogen (secondary N) is 1. The van der Waals surface area contributed by atoms with Gasteiger partial charge in [-0.25, -0.2) is 9.59 Å². The third-order valence-corrected chi connectivity index (χ3v) is 3.23. The van der Waals surface area contributed by atoms with Crippen molar-refractivity contribution in [1.82, 2.24) is 4.98 Å². The van der Waals surface area contributed by atoms with Gasteiger partial charge in [-0.3, -0.25) is 4.79 Å². The van der Waals surface area contributed by atoms with Crippen molar-refractivity contribution < 1.29 is 24.2 Å². The van der Waals surface area contributed by atoms with Gasteiger partial charge in [-0.05, 0) is 17.5 Å². The quantitative estimate of drug-likeness (QED) is 0.631. The molecule has 1 heterocycles. The summed E-state index contributed by atoms with van der Waals surface area (Å²) in [7, 11) is 0. The van der Waals surface area contributed by atoms with Gasteiger partial charge >= 0.3 is 11.9 Å². The Labute approximate surface area is 126 Å². The van der Waals surface area contributed by atoms with E-state index in [1.165, 1.54) is 0 Å². The van der Waals surface area contributed by atoms with Crippen molar-refractivity contribution in [3.05, 3.63) is 58.4 Å². The minimum atomic E-state index is -1.22. The van der Waals surface area contributed by atoms with Crippen LogP contribution in [0.1, 0.15) is 49.4 Å². The van der Waals surface area contributed by atoms with E-state index in [-0.39, 0.29) is 29.1 Å². The Kier molecular flexibility index (Phi) is 4.73. The Balaban J connectivity index is 2.28. The van der Waals surface area contributed by atoms with E-state index >= 15 is 0 Å². The summed E-state index contributed by atoms with van der Waals surface area (Å²) in [5, 5.41) is 9.12. The van der Waals surface area contributed by atoms with Crippen LogP contribution >= 0.6 is 0 Å². The fourth-order valence-electron chi connectivity index (χ4n) is 2.21. The highest BCUT2D eigenvalue weighted by Gasteiger charge is 2.26. The fraction of sp³-hybridized carbons (Fsp3) is 0.188. The molecule has 0 amide bonds. The average Bonchev–Trinajstić information content (AvgIpc) is 2.92. The highest BCUT2D eigenvalue weighted by molar-refractivity contribution is 6.03. The summed E-state index contributed by atoms with van der Waals surface area (Å²) in [4.78, 5) is 36.9. The molecule has 0 unspecified atom stereocenters. The highest BCUT2D eigenvalue weighted by Crippen LogP contribution is 2.21. The van der Waals surface area contributed by atoms with Crippen LogP contribution in [0.5, 0.6) is 0 Å². The smallest absolute Gasteiger partial charge is 0.352 e. The number of aromatic amines is 1. The van der Waals surface area contributed by atoms with E-state index in [4.69, 9.17) is 9.84 Å². The van der Waals surface area contributed by atoms with E-state index in [1.807, 2.05) is 18.2 Å². The van der Waals surface area contributed by atoms with Crippen LogP contribution in [-0.2, 0) is 17.8 Å². The van der Waals surface area contributed by atoms with Gasteiger partial charge in [0.05, 0.1) is 11.3 Å². The maximum atomic E-state index is 12.2. The first-order valence-electron chi connectivity index (χ1n) is 6.72. The Hall–Kier alpha value is -2.89. The molecule has 0 fully saturated rings. The second-order valence-electron chi connectivity index (χ2n) is 4.61. The van der Waals surface area contributed by atoms with Gasteiger partial charge in [0.1, 0.15) is 12.3 Å². The molecule has 0 spiro atoms. The number of carboxylic acids is 1. The summed E-state index contributed by atoms with van der Waals surface area (Å²) in [6.07, 6.45) is 0.715. The van der Waals surface area contributed by atoms with Gasteiger partial charge in [-0.1, -0.05) is 37.3 Å². The fourth-order valence-corrected chi connectivity index (χ4v) is 2.21. The second kappa shape index (κ2) is 6.71. The molecule has 2 N–H and O–H groups in total. The zero-order chi connectivity index (χ0) is 16.1. The molecule has 2 rings (SSSR count). The Bertz CT molecular complexity index is 703. The first-order chi connectivity index (χ1) is 10.6. The number of esters is 1. The zero-order valence-corrected chi connectivity index (χ0v) is 12.0. The normalized spacial score (nSPS) is 10.2. The number of carbonyl (C=O) groups excluding carboxylic acids is 2. The number of H-pyrrole nitrogens is 1. The molecule has 6 nitrogen and oxygen atoms in total. The van der Waals surface area contributed by atoms with Crippen LogP contribution in [0.15, 0.2) is 30.3 Å². The summed E-state index contributed by atoms with van der Waals surface area (Å²) in [6.45, 7) is 1.76. The van der Waals surface area contributed by atoms with Crippen molar-refractivity contribution in [2.75, 3.05) is 0 Å². The number of carbonyl (C=O) groups is 3. The molecule has 0 saturated carbocycles. The van der Waals surface area contributed by atoms with Gasteiger partial charge in [0.2, 0.25) is 0 Å². The first kappa shape index (κ1) is 15.5. The summed E-state index contributed by atoms with van der Waals surface area (Å²) in [5.74, 6) is -1.94. The van der Waals surface area contributed by atoms with Crippen molar-refractivity contribution in [3.8, 4) is 0 Å². The topological polar surface area (TPSA) is 96.5 Å². The van der Waals surface area contributed by atoms with Crippen LogP contribution in [0.4, 0.5) is 0 Å². The average molecular weight is 301 g/mol. The van der Waals surface area contributed by atoms with Crippen LogP contribution in [0.2, 0.25) is 0 Å². The van der Waals surface area contributed by atoms with Crippen LogP contribution < -0.4 is 0 Å². The van der Waals surface area contributed by atoms with Gasteiger partial charge in [0.15, 0.2) is 6.29 Å². The largest absolute Gasteiger partial charge is 0.477 e. The van der Waals surface area contributed by atoms with E-state index in [0.717, 1.165) is 5.56 Å². The molecule has 0 aliphatic rings. The molecule has 0 radical (unpaired) electrons. The Morgan fingerprint density at radius 1 is 1.27 bits per heavy atom. The molecular formula is C16H15NO5. The molecule has 1 aromatic heterocycles. The molecule has 6 heteroatoms. The van der Waals surface area contributed by atoms with E-state index in [2.05, 4.69) is 4.98 Å². The molecule has 0 saturated heterocycles. The molecule has 114 valence electrons. The van der Waals surface area contributed by atoms with Crippen molar-refractivity contribution in [1.29, 1.82) is 0 Å². The monoisotopic (exact) mass is 301 g/mol. The lowest BCUT2D eigenvalue weighted by molar-refractivity contribution is 0.0469. The number of carboxylic acid groups (broad SMARTS) is 1. The summed E-state index contributed by atoms with van der Waals surface area (Å²) < 4.78 is 5.18. The maximum absolute atomic E-state index is 12.2. The summed E-state index contributed by atoms with van der Waals surface area (Å²) in [5.41, 5.74) is 0.831. The minimum absolute atomic E-state index is 0.00849. The molecule has 0 aliphatic heterocycles. The van der Waals surface area contributed by atoms with Gasteiger partial charge in [-0.15, -0.1) is 0 Å². The number of aromatic nitrogens is 1. The van der Waals surface area contributed by atoms with E-state index in [1.54, 1.807) is 19.1 Å². The molecule has 0 aliphatic carbocycles. The SMILES string of the molecule is CCc1c(C(=O)O)[nH]c(C=O)c1C(=O)OCc1ccccc1. The van der Waals surface area contributed by atoms with Crippen LogP contribution in [0.3, 0.4) is 0 Å². The summed E-state index contributed by atoms with van der Waals surface area (Å²) in [6, 6.07) is 9.08. The number of rotatable bonds is 6. The Morgan fingerprint density at radius 3 is 2.50 bits per heavy atom. The molecule has 1 aromatic carbocycles. The predicted octanol–water partition coefficient (Wildman–Crippen LogP) is 2.44. The number of aldehydes is 1. The molecule has 2 aromatic rings. The van der Waals surface area contributed by atoms with E-state index in [0.29, 0.717) is 12.7 Å². The second-order valence-corrected chi connectivity index (χ2v) is 4.61. The van der Waals surface area contributed by atoms with Crippen molar-refractivity contribution in [2.24, 2.45) is 0 Å². The molecule has 0 bridgehead atoms. The summed E-state index contributed by atoms with van der Waals surface area (Å²) >= 11 is 0. The van der Waals surface area contributed by atoms with Gasteiger partial charge < -0.3 is 14.8 Å². The number of ether oxygens (including phenoxy) is 1. The van der Waals surface area contributed by atoms with Gasteiger partial charge in [0.25, 0.3) is 0 Å². The number of benzene rings is 1. The lowest BCUT2D eigenvalue weighted by Crippen LogP contribution is -2.10. The van der Waals surface area contributed by atoms with Crippen molar-refractivity contribution in [2.45, 2.75) is 20.0 Å². The van der Waals surface area contributed by atoms with Crippen LogP contribution in [0.25, 0.3) is 0 Å². The van der Waals surface area contributed by atoms with Crippen LogP contribution in [0, 0.1) is 0 Å². The van der Waals surface area contributed by atoms with E-state index in [9.17, 15) is 14.4 Å². The van der Waals surface area contributed by atoms with Crippen molar-refractivity contribution in [3.63, 3.8) is 0 Å². The number of hydrogen-bond donors (Lipinski definition) is 2. The minimum Gasteiger partial charge on any atom is -0.477 e. The first-order valence-corrected chi connectivity index (χ1v) is 6.72.